The zero-order valence-corrected chi connectivity index (χ0v) is 14.9. The van der Waals surface area contributed by atoms with Gasteiger partial charge in [-0.3, -0.25) is 9.36 Å². The second kappa shape index (κ2) is 5.95. The monoisotopic (exact) mass is 342 g/mol. The fourth-order valence-electron chi connectivity index (χ4n) is 2.63. The minimum atomic E-state index is -0.309. The third-order valence-corrected chi connectivity index (χ3v) is 4.08. The largest absolute Gasteiger partial charge is 0.497 e. The van der Waals surface area contributed by atoms with Crippen LogP contribution < -0.4 is 10.3 Å². The van der Waals surface area contributed by atoms with Crippen LogP contribution in [-0.2, 0) is 5.41 Å². The van der Waals surface area contributed by atoms with Crippen molar-refractivity contribution in [3.05, 3.63) is 63.7 Å². The van der Waals surface area contributed by atoms with Gasteiger partial charge in [0.25, 0.3) is 5.56 Å². The number of aromatic nitrogens is 2. The minimum absolute atomic E-state index is 0.102. The maximum absolute atomic E-state index is 13.1. The van der Waals surface area contributed by atoms with Crippen LogP contribution in [0.3, 0.4) is 0 Å². The molecule has 3 rings (SSSR count). The molecule has 1 heterocycles. The van der Waals surface area contributed by atoms with E-state index in [4.69, 9.17) is 21.3 Å². The van der Waals surface area contributed by atoms with Gasteiger partial charge >= 0.3 is 0 Å². The number of hydrogen-bond acceptors (Lipinski definition) is 3. The van der Waals surface area contributed by atoms with E-state index < -0.39 is 0 Å². The molecule has 0 saturated heterocycles. The third kappa shape index (κ3) is 2.89. The maximum Gasteiger partial charge on any atom is 0.265 e. The van der Waals surface area contributed by atoms with Crippen molar-refractivity contribution in [1.29, 1.82) is 0 Å². The molecule has 0 bridgehead atoms. The molecule has 0 radical (unpaired) electrons. The van der Waals surface area contributed by atoms with Gasteiger partial charge in [-0.2, -0.15) is 0 Å². The fraction of sp³-hybridized carbons (Fsp3) is 0.263. The summed E-state index contributed by atoms with van der Waals surface area (Å²) in [7, 11) is 1.60. The summed E-state index contributed by atoms with van der Waals surface area (Å²) in [6.45, 7) is 6.10. The lowest BCUT2D eigenvalue weighted by Crippen LogP contribution is -2.30. The van der Waals surface area contributed by atoms with Crippen molar-refractivity contribution in [2.75, 3.05) is 7.11 Å². The first-order valence-electron chi connectivity index (χ1n) is 7.68. The predicted molar refractivity (Wildman–Crippen MR) is 97.6 cm³/mol. The zero-order valence-electron chi connectivity index (χ0n) is 14.1. The molecule has 0 N–H and O–H groups in total. The van der Waals surface area contributed by atoms with Crippen molar-refractivity contribution in [1.82, 2.24) is 9.55 Å². The Morgan fingerprint density at radius 2 is 1.75 bits per heavy atom. The van der Waals surface area contributed by atoms with E-state index in [0.717, 1.165) is 5.69 Å². The van der Waals surface area contributed by atoms with Crippen LogP contribution in [0.1, 0.15) is 26.6 Å². The van der Waals surface area contributed by atoms with E-state index in [0.29, 0.717) is 27.5 Å². The number of halogens is 1. The molecule has 0 amide bonds. The van der Waals surface area contributed by atoms with Crippen LogP contribution >= 0.6 is 11.6 Å². The lowest BCUT2D eigenvalue weighted by atomic mass is 9.94. The number of ether oxygens (including phenoxy) is 1. The van der Waals surface area contributed by atoms with Crippen molar-refractivity contribution < 1.29 is 4.74 Å². The highest BCUT2D eigenvalue weighted by Crippen LogP contribution is 2.26. The Labute approximate surface area is 145 Å². The van der Waals surface area contributed by atoms with E-state index in [1.807, 2.05) is 32.9 Å². The summed E-state index contributed by atoms with van der Waals surface area (Å²) in [6.07, 6.45) is 0. The smallest absolute Gasteiger partial charge is 0.265 e. The van der Waals surface area contributed by atoms with Gasteiger partial charge in [-0.25, -0.2) is 4.98 Å². The van der Waals surface area contributed by atoms with E-state index in [1.165, 1.54) is 0 Å². The lowest BCUT2D eigenvalue weighted by molar-refractivity contribution is 0.415. The van der Waals surface area contributed by atoms with Crippen molar-refractivity contribution in [3.63, 3.8) is 0 Å². The van der Waals surface area contributed by atoms with E-state index >= 15 is 0 Å². The lowest BCUT2D eigenvalue weighted by Gasteiger charge is -2.23. The van der Waals surface area contributed by atoms with Gasteiger partial charge in [0.15, 0.2) is 0 Å². The molecular formula is C19H19ClN2O2. The number of fused-ring (bicyclic) bond motifs is 1. The Hall–Kier alpha value is -2.33. The average molecular weight is 343 g/mol. The van der Waals surface area contributed by atoms with Crippen molar-refractivity contribution >= 4 is 22.5 Å². The van der Waals surface area contributed by atoms with E-state index in [9.17, 15) is 4.79 Å². The van der Waals surface area contributed by atoms with Gasteiger partial charge in [-0.1, -0.05) is 32.4 Å². The first kappa shape index (κ1) is 16.5. The minimum Gasteiger partial charge on any atom is -0.497 e. The number of methoxy groups -OCH3 is 1. The van der Waals surface area contributed by atoms with Crippen LogP contribution in [0.25, 0.3) is 16.6 Å². The predicted octanol–water partition coefficient (Wildman–Crippen LogP) is 4.35. The molecule has 0 spiro atoms. The number of rotatable bonds is 2. The molecular weight excluding hydrogens is 324 g/mol. The summed E-state index contributed by atoms with van der Waals surface area (Å²) in [5.74, 6) is 1.37. The summed E-state index contributed by atoms with van der Waals surface area (Å²) in [4.78, 5) is 17.9. The highest BCUT2D eigenvalue weighted by Gasteiger charge is 2.23. The summed E-state index contributed by atoms with van der Waals surface area (Å²) in [6, 6.07) is 12.5. The topological polar surface area (TPSA) is 44.1 Å². The molecule has 0 fully saturated rings. The van der Waals surface area contributed by atoms with Gasteiger partial charge in [0.1, 0.15) is 11.6 Å². The molecule has 1 aromatic heterocycles. The maximum atomic E-state index is 13.1. The SMILES string of the molecule is COc1ccc2c(=O)n(-c3ccc(Cl)cc3)c(C(C)(C)C)nc2c1. The van der Waals surface area contributed by atoms with Crippen molar-refractivity contribution in [2.24, 2.45) is 0 Å². The van der Waals surface area contributed by atoms with Crippen molar-refractivity contribution in [2.45, 2.75) is 26.2 Å². The first-order chi connectivity index (χ1) is 11.3. The number of hydrogen-bond donors (Lipinski definition) is 0. The zero-order chi connectivity index (χ0) is 17.5. The molecule has 0 aliphatic rings. The van der Waals surface area contributed by atoms with Crippen LogP contribution in [0.15, 0.2) is 47.3 Å². The molecule has 0 atom stereocenters. The quantitative estimate of drug-likeness (QED) is 0.695. The van der Waals surface area contributed by atoms with E-state index in [-0.39, 0.29) is 11.0 Å². The average Bonchev–Trinajstić information content (AvgIpc) is 2.54. The molecule has 24 heavy (non-hydrogen) atoms. The van der Waals surface area contributed by atoms with Crippen LogP contribution in [0.5, 0.6) is 5.75 Å². The molecule has 4 nitrogen and oxygen atoms in total. The molecule has 0 unspecified atom stereocenters. The van der Waals surface area contributed by atoms with Gasteiger partial charge in [-0.15, -0.1) is 0 Å². The van der Waals surface area contributed by atoms with Gasteiger partial charge in [-0.05, 0) is 36.4 Å². The fourth-order valence-corrected chi connectivity index (χ4v) is 2.75. The summed E-state index contributed by atoms with van der Waals surface area (Å²) in [5.41, 5.74) is 0.972. The summed E-state index contributed by atoms with van der Waals surface area (Å²) in [5, 5.41) is 1.18. The van der Waals surface area contributed by atoms with Crippen LogP contribution in [0.2, 0.25) is 5.02 Å². The molecule has 5 heteroatoms. The Bertz CT molecular complexity index is 954. The highest BCUT2D eigenvalue weighted by atomic mass is 35.5. The summed E-state index contributed by atoms with van der Waals surface area (Å²) >= 11 is 5.98. The van der Waals surface area contributed by atoms with E-state index in [2.05, 4.69) is 0 Å². The van der Waals surface area contributed by atoms with Crippen LogP contribution in [-0.4, -0.2) is 16.7 Å². The van der Waals surface area contributed by atoms with Gasteiger partial charge in [0.05, 0.1) is 23.7 Å². The Balaban J connectivity index is 2.40. The number of benzene rings is 2. The third-order valence-electron chi connectivity index (χ3n) is 3.83. The highest BCUT2D eigenvalue weighted by molar-refractivity contribution is 6.30. The Kier molecular flexibility index (Phi) is 4.10. The van der Waals surface area contributed by atoms with Crippen LogP contribution in [0, 0.1) is 0 Å². The second-order valence-electron chi connectivity index (χ2n) is 6.69. The van der Waals surface area contributed by atoms with Gasteiger partial charge in [0.2, 0.25) is 0 Å². The first-order valence-corrected chi connectivity index (χ1v) is 8.06. The molecule has 124 valence electrons. The standard InChI is InChI=1S/C19H19ClN2O2/c1-19(2,3)18-21-16-11-14(24-4)9-10-15(16)17(23)22(18)13-7-5-12(20)6-8-13/h5-11H,1-4H3. The van der Waals surface area contributed by atoms with Crippen LogP contribution in [0.4, 0.5) is 0 Å². The van der Waals surface area contributed by atoms with Gasteiger partial charge in [0, 0.05) is 16.5 Å². The van der Waals surface area contributed by atoms with Gasteiger partial charge < -0.3 is 4.74 Å². The van der Waals surface area contributed by atoms with Crippen molar-refractivity contribution in [3.8, 4) is 11.4 Å². The second-order valence-corrected chi connectivity index (χ2v) is 7.12. The molecule has 0 aliphatic carbocycles. The summed E-state index contributed by atoms with van der Waals surface area (Å²) < 4.78 is 6.91. The molecule has 3 aromatic rings. The Morgan fingerprint density at radius 3 is 2.33 bits per heavy atom. The molecule has 2 aromatic carbocycles. The molecule has 0 saturated carbocycles. The van der Waals surface area contributed by atoms with E-state index in [1.54, 1.807) is 42.0 Å². The normalized spacial score (nSPS) is 11.7. The Morgan fingerprint density at radius 1 is 1.08 bits per heavy atom. The number of nitrogens with zero attached hydrogens (tertiary/aromatic N) is 2. The molecule has 0 aliphatic heterocycles.